The van der Waals surface area contributed by atoms with E-state index in [0.717, 1.165) is 6.07 Å². The van der Waals surface area contributed by atoms with Crippen molar-refractivity contribution in [3.63, 3.8) is 0 Å². The molecule has 6 aliphatic rings. The first-order valence-corrected chi connectivity index (χ1v) is 20.4. The Morgan fingerprint density at radius 3 is 1.44 bits per heavy atom. The number of phenols is 2. The van der Waals surface area contributed by atoms with Crippen LogP contribution in [0, 0.1) is 23.7 Å². The molecule has 20 nitrogen and oxygen atoms in total. The topological polar surface area (TPSA) is 363 Å². The molecule has 0 spiro atoms. The van der Waals surface area contributed by atoms with Gasteiger partial charge in [0.2, 0.25) is 11.6 Å². The smallest absolute Gasteiger partial charge is 0.255 e. The highest BCUT2D eigenvalue weighted by molar-refractivity contribution is 6.33. The van der Waals surface area contributed by atoms with Crippen LogP contribution >= 0.6 is 24.0 Å². The Balaban J connectivity index is 0.000000215. The number of nitrogens with two attached hydrogens (primary N) is 2. The lowest BCUT2D eigenvalue weighted by Gasteiger charge is -2.52. The molecule has 0 bridgehead atoms. The molecule has 0 aromatic heterocycles. The van der Waals surface area contributed by atoms with Crippen molar-refractivity contribution in [2.24, 2.45) is 35.1 Å². The van der Waals surface area contributed by atoms with Crippen molar-refractivity contribution in [3.05, 3.63) is 103 Å². The molecular weight excluding hydrogens is 911 g/mol. The van der Waals surface area contributed by atoms with Crippen molar-refractivity contribution in [1.29, 1.82) is 0 Å². The second kappa shape index (κ2) is 15.9. The van der Waals surface area contributed by atoms with Crippen LogP contribution in [0.1, 0.15) is 58.5 Å². The van der Waals surface area contributed by atoms with Crippen molar-refractivity contribution < 1.29 is 79.8 Å². The molecule has 8 rings (SSSR count). The summed E-state index contributed by atoms with van der Waals surface area (Å²) in [4.78, 5) is 79.8. The number of fused-ring (bicyclic) bond motifs is 6. The summed E-state index contributed by atoms with van der Waals surface area (Å²) in [5.74, 6) is -16.2. The number of likely N-dealkylation sites (N-methyl/N-ethyl adjacent to an activating group) is 2. The SMILES string of the molecule is CN(C)[C@@H]1C(O)=C(C(N)=O)C(=O)[C@@]2(O)C(O)=C3C(=O)c4c(O)ccc(Cl)c4[C@@](C)(O)[C@H]3C[C@@H]12.CN(C)[C@@H]1C(O)=C(C(N)=O)C(=O)[C@@]2(O)C(O)=C3C(=O)c4c(O)cccc4[C@@](C)(O)[C@H]3C[C@@H]12.Cl. The number of halogens is 2. The summed E-state index contributed by atoms with van der Waals surface area (Å²) in [5, 5.41) is 110. The monoisotopic (exact) mass is 958 g/mol. The van der Waals surface area contributed by atoms with E-state index in [1.807, 2.05) is 0 Å². The minimum Gasteiger partial charge on any atom is -0.510 e. The molecule has 14 N–H and O–H groups in total. The van der Waals surface area contributed by atoms with Crippen LogP contribution in [0.2, 0.25) is 5.02 Å². The number of amides is 2. The van der Waals surface area contributed by atoms with Gasteiger partial charge in [0.25, 0.3) is 11.8 Å². The Morgan fingerprint density at radius 2 is 1.03 bits per heavy atom. The van der Waals surface area contributed by atoms with Gasteiger partial charge in [-0.3, -0.25) is 38.6 Å². The number of aliphatic hydroxyl groups excluding tert-OH is 4. The van der Waals surface area contributed by atoms with Gasteiger partial charge in [0.1, 0.15) is 45.7 Å². The maximum Gasteiger partial charge on any atom is 0.255 e. The molecule has 0 saturated heterocycles. The second-order valence-corrected chi connectivity index (χ2v) is 18.4. The summed E-state index contributed by atoms with van der Waals surface area (Å²) in [6.07, 6.45) is -0.459. The van der Waals surface area contributed by atoms with Gasteiger partial charge >= 0.3 is 0 Å². The molecule has 6 aliphatic carbocycles. The van der Waals surface area contributed by atoms with E-state index < -0.39 is 150 Å². The van der Waals surface area contributed by atoms with E-state index in [1.165, 1.54) is 76.1 Å². The quantitative estimate of drug-likeness (QED) is 0.187. The Hall–Kier alpha value is -5.84. The fourth-order valence-corrected chi connectivity index (χ4v) is 11.4. The van der Waals surface area contributed by atoms with Gasteiger partial charge in [-0.1, -0.05) is 23.7 Å². The molecule has 0 unspecified atom stereocenters. The van der Waals surface area contributed by atoms with Gasteiger partial charge in [-0.2, -0.15) is 0 Å². The van der Waals surface area contributed by atoms with Gasteiger partial charge in [-0.15, -0.1) is 12.4 Å². The Labute approximate surface area is 386 Å². The predicted octanol–water partition coefficient (Wildman–Crippen LogP) is 0.646. The van der Waals surface area contributed by atoms with Crippen LogP contribution in [0.15, 0.2) is 75.7 Å². The summed E-state index contributed by atoms with van der Waals surface area (Å²) >= 11 is 6.26. The summed E-state index contributed by atoms with van der Waals surface area (Å²) < 4.78 is 0. The minimum absolute atomic E-state index is 0. The van der Waals surface area contributed by atoms with Crippen molar-refractivity contribution in [1.82, 2.24) is 9.80 Å². The number of carbonyl (C=O) groups is 6. The first-order valence-electron chi connectivity index (χ1n) is 20.0. The van der Waals surface area contributed by atoms with E-state index in [-0.39, 0.29) is 52.5 Å². The van der Waals surface area contributed by atoms with E-state index in [2.05, 4.69) is 0 Å². The zero-order valence-corrected chi connectivity index (χ0v) is 37.6. The Kier molecular flexibility index (Phi) is 12.0. The molecule has 2 aromatic carbocycles. The van der Waals surface area contributed by atoms with Crippen LogP contribution in [0.4, 0.5) is 0 Å². The maximum atomic E-state index is 13.4. The number of nitrogens with zero attached hydrogens (tertiary/aromatic N) is 2. The van der Waals surface area contributed by atoms with Crippen molar-refractivity contribution in [3.8, 4) is 11.5 Å². The zero-order chi connectivity index (χ0) is 48.7. The highest BCUT2D eigenvalue weighted by Gasteiger charge is 2.67. The van der Waals surface area contributed by atoms with E-state index in [9.17, 15) is 79.8 Å². The molecule has 0 heterocycles. The number of carbonyl (C=O) groups excluding carboxylic acids is 6. The largest absolute Gasteiger partial charge is 0.510 e. The molecule has 10 atom stereocenters. The Morgan fingerprint density at radius 1 is 0.636 bits per heavy atom. The zero-order valence-electron chi connectivity index (χ0n) is 36.0. The lowest BCUT2D eigenvalue weighted by atomic mass is 9.55. The molecule has 0 saturated carbocycles. The number of phenolic OH excluding ortho intramolecular Hbond substituents is 2. The van der Waals surface area contributed by atoms with Gasteiger partial charge in [0.05, 0.1) is 34.4 Å². The fourth-order valence-electron chi connectivity index (χ4n) is 11.1. The second-order valence-electron chi connectivity index (χ2n) is 18.0. The summed E-state index contributed by atoms with van der Waals surface area (Å²) in [5.41, 5.74) is -1.86. The average molecular weight is 960 g/mol. The molecule has 0 fully saturated rings. The van der Waals surface area contributed by atoms with E-state index in [0.29, 0.717) is 0 Å². The van der Waals surface area contributed by atoms with E-state index >= 15 is 0 Å². The highest BCUT2D eigenvalue weighted by atomic mass is 35.5. The number of hydrogen-bond donors (Lipinski definition) is 12. The summed E-state index contributed by atoms with van der Waals surface area (Å²) in [7, 11) is 6.09. The number of aliphatic hydroxyl groups is 8. The van der Waals surface area contributed by atoms with Crippen LogP contribution in [-0.2, 0) is 30.4 Å². The van der Waals surface area contributed by atoms with Crippen LogP contribution in [0.3, 0.4) is 0 Å². The number of benzene rings is 2. The number of rotatable bonds is 4. The standard InChI is InChI=1S/C22H23ClN2O8.C22H24N2O8.ClH/c1-21(32)7-6-8-15(25(2)3)17(28)13(20(24)31)19(30)22(8,33)18(29)11(7)16(27)12-10(26)5-4-9(23)14(12)21;1-21(31)8-5-4-6-11(25)12(8)16(26)13-9(21)7-10-15(24(2)3)17(27)14(20(23)30)19(29)22(10,32)18(13)28;/h4-5,7-8,15,26,28-29,32-33H,6H2,1-3H3,(H2,24,31);4-6,9-10,15,25,27-28,31-32H,7H2,1-3H3,(H2,23,30);1H/t7-,8-,15-,21-,22-;9-,10-,15-,21+,22-;/m00./s1. The van der Waals surface area contributed by atoms with E-state index in [1.54, 1.807) is 0 Å². The number of Topliss-reactive ketones (excluding diaryl/α,β-unsaturated/α-hetero) is 4. The third-order valence-electron chi connectivity index (χ3n) is 14.1. The average Bonchev–Trinajstić information content (AvgIpc) is 3.19. The molecule has 2 aromatic rings. The molecular formula is C44H48Cl2N4O16. The van der Waals surface area contributed by atoms with Crippen molar-refractivity contribution >= 4 is 59.0 Å². The number of hydrogen-bond acceptors (Lipinski definition) is 18. The van der Waals surface area contributed by atoms with Crippen LogP contribution in [0.25, 0.3) is 0 Å². The number of aromatic hydroxyl groups is 2. The van der Waals surface area contributed by atoms with E-state index in [4.69, 9.17) is 23.1 Å². The maximum absolute atomic E-state index is 13.4. The van der Waals surface area contributed by atoms with Crippen molar-refractivity contribution in [2.45, 2.75) is 61.2 Å². The third kappa shape index (κ3) is 6.34. The third-order valence-corrected chi connectivity index (χ3v) is 14.4. The molecule has 22 heteroatoms. The molecule has 0 aliphatic heterocycles. The van der Waals surface area contributed by atoms with Gasteiger partial charge in [-0.05, 0) is 78.6 Å². The first-order chi connectivity index (χ1) is 30.0. The molecule has 2 amide bonds. The van der Waals surface area contributed by atoms with Crippen LogP contribution in [0.5, 0.6) is 11.5 Å². The number of primary amides is 2. The molecule has 354 valence electrons. The fraction of sp³-hybridized carbons (Fsp3) is 0.409. The predicted molar refractivity (Wildman–Crippen MR) is 231 cm³/mol. The minimum atomic E-state index is -2.78. The summed E-state index contributed by atoms with van der Waals surface area (Å²) in [6.45, 7) is 2.74. The first kappa shape index (κ1) is 49.6. The lowest BCUT2D eigenvalue weighted by molar-refractivity contribution is -0.152. The van der Waals surface area contributed by atoms with Crippen LogP contribution in [-0.4, -0.2) is 147 Å². The highest BCUT2D eigenvalue weighted by Crippen LogP contribution is 2.59. The molecule has 0 radical (unpaired) electrons. The number of ketones is 4. The summed E-state index contributed by atoms with van der Waals surface area (Å²) in [6, 6.07) is 4.35. The van der Waals surface area contributed by atoms with Gasteiger partial charge < -0.3 is 62.5 Å². The van der Waals surface area contributed by atoms with Crippen molar-refractivity contribution in [2.75, 3.05) is 28.2 Å². The molecule has 66 heavy (non-hydrogen) atoms. The lowest BCUT2D eigenvalue weighted by Crippen LogP contribution is -2.65. The van der Waals surface area contributed by atoms with Gasteiger partial charge in [-0.25, -0.2) is 0 Å². The Bertz CT molecular complexity index is 2720. The van der Waals surface area contributed by atoms with Crippen LogP contribution < -0.4 is 11.5 Å². The normalized spacial score (nSPS) is 33.5. The van der Waals surface area contributed by atoms with Gasteiger partial charge in [0.15, 0.2) is 22.8 Å². The van der Waals surface area contributed by atoms with Gasteiger partial charge in [0, 0.05) is 45.4 Å².